The zero-order valence-electron chi connectivity index (χ0n) is 15.2. The van der Waals surface area contributed by atoms with Crippen molar-refractivity contribution in [2.45, 2.75) is 58.2 Å². The summed E-state index contributed by atoms with van der Waals surface area (Å²) in [7, 11) is 0. The van der Waals surface area contributed by atoms with E-state index < -0.39 is 0 Å². The highest BCUT2D eigenvalue weighted by atomic mass is 35.5. The average Bonchev–Trinajstić information content (AvgIpc) is 3.03. The lowest BCUT2D eigenvalue weighted by molar-refractivity contribution is -0.105. The van der Waals surface area contributed by atoms with Gasteiger partial charge in [-0.1, -0.05) is 48.3 Å². The SMILES string of the molecule is CCCCc1nc(CN2C[C@@H](c3ccccc3Cl)OCC2(C)C)no1. The molecule has 6 heteroatoms. The van der Waals surface area contributed by atoms with Crippen LogP contribution in [0.5, 0.6) is 0 Å². The quantitative estimate of drug-likeness (QED) is 0.760. The third kappa shape index (κ3) is 4.40. The fourth-order valence-electron chi connectivity index (χ4n) is 3.05. The van der Waals surface area contributed by atoms with E-state index in [9.17, 15) is 0 Å². The van der Waals surface area contributed by atoms with E-state index in [1.54, 1.807) is 0 Å². The molecule has 0 bridgehead atoms. The first-order chi connectivity index (χ1) is 12.0. The lowest BCUT2D eigenvalue weighted by Gasteiger charge is -2.45. The van der Waals surface area contributed by atoms with Gasteiger partial charge in [-0.2, -0.15) is 4.98 Å². The highest BCUT2D eigenvalue weighted by Crippen LogP contribution is 2.34. The molecule has 2 aromatic rings. The molecule has 1 aromatic carbocycles. The van der Waals surface area contributed by atoms with Crippen molar-refractivity contribution in [1.82, 2.24) is 15.0 Å². The molecule has 1 fully saturated rings. The minimum atomic E-state index is -0.0953. The fourth-order valence-corrected chi connectivity index (χ4v) is 3.31. The van der Waals surface area contributed by atoms with Crippen LogP contribution in [-0.2, 0) is 17.7 Å². The van der Waals surface area contributed by atoms with Crippen molar-refractivity contribution in [3.8, 4) is 0 Å². The molecule has 0 spiro atoms. The Balaban J connectivity index is 1.71. The molecule has 136 valence electrons. The molecule has 0 aliphatic carbocycles. The molecule has 1 saturated heterocycles. The van der Waals surface area contributed by atoms with Crippen molar-refractivity contribution in [2.24, 2.45) is 0 Å². The van der Waals surface area contributed by atoms with Gasteiger partial charge in [0.25, 0.3) is 0 Å². The van der Waals surface area contributed by atoms with E-state index in [1.165, 1.54) is 0 Å². The zero-order valence-corrected chi connectivity index (χ0v) is 15.9. The molecule has 3 rings (SSSR count). The first-order valence-electron chi connectivity index (χ1n) is 8.92. The topological polar surface area (TPSA) is 51.4 Å². The van der Waals surface area contributed by atoms with Crippen LogP contribution in [0.3, 0.4) is 0 Å². The summed E-state index contributed by atoms with van der Waals surface area (Å²) < 4.78 is 11.5. The van der Waals surface area contributed by atoms with Gasteiger partial charge in [0.15, 0.2) is 5.82 Å². The summed E-state index contributed by atoms with van der Waals surface area (Å²) in [4.78, 5) is 6.88. The summed E-state index contributed by atoms with van der Waals surface area (Å²) in [5, 5.41) is 4.89. The first kappa shape index (κ1) is 18.4. The van der Waals surface area contributed by atoms with Gasteiger partial charge in [0.1, 0.15) is 0 Å². The lowest BCUT2D eigenvalue weighted by Crippen LogP contribution is -2.53. The first-order valence-corrected chi connectivity index (χ1v) is 9.30. The summed E-state index contributed by atoms with van der Waals surface area (Å²) >= 11 is 6.35. The summed E-state index contributed by atoms with van der Waals surface area (Å²) in [5.41, 5.74) is 0.934. The van der Waals surface area contributed by atoms with E-state index in [0.29, 0.717) is 13.2 Å². The molecule has 1 aliphatic heterocycles. The predicted molar refractivity (Wildman–Crippen MR) is 97.5 cm³/mol. The van der Waals surface area contributed by atoms with Gasteiger partial charge in [0, 0.05) is 29.1 Å². The number of nitrogens with zero attached hydrogens (tertiary/aromatic N) is 3. The third-order valence-corrected chi connectivity index (χ3v) is 5.06. The number of hydrogen-bond donors (Lipinski definition) is 0. The van der Waals surface area contributed by atoms with E-state index in [0.717, 1.165) is 48.1 Å². The molecule has 2 heterocycles. The van der Waals surface area contributed by atoms with E-state index in [1.807, 2.05) is 24.3 Å². The summed E-state index contributed by atoms with van der Waals surface area (Å²) in [6.45, 7) is 8.52. The van der Waals surface area contributed by atoms with Gasteiger partial charge in [-0.15, -0.1) is 0 Å². The van der Waals surface area contributed by atoms with Crippen LogP contribution in [-0.4, -0.2) is 33.7 Å². The Labute approximate surface area is 154 Å². The molecular formula is C19H26ClN3O2. The van der Waals surface area contributed by atoms with Gasteiger partial charge >= 0.3 is 0 Å². The second-order valence-electron chi connectivity index (χ2n) is 7.22. The molecular weight excluding hydrogens is 338 g/mol. The van der Waals surface area contributed by atoms with Crippen LogP contribution in [0.15, 0.2) is 28.8 Å². The largest absolute Gasteiger partial charge is 0.370 e. The molecule has 25 heavy (non-hydrogen) atoms. The maximum Gasteiger partial charge on any atom is 0.226 e. The standard InChI is InChI=1S/C19H26ClN3O2/c1-4-5-10-18-21-17(22-25-18)12-23-11-16(24-13-19(23,2)3)14-8-6-7-9-15(14)20/h6-9,16H,4-5,10-13H2,1-3H3/t16-/m0/s1. The molecule has 0 saturated carbocycles. The van der Waals surface area contributed by atoms with E-state index in [-0.39, 0.29) is 11.6 Å². The summed E-state index contributed by atoms with van der Waals surface area (Å²) in [6.07, 6.45) is 2.98. The number of aryl methyl sites for hydroxylation is 1. The van der Waals surface area contributed by atoms with Crippen molar-refractivity contribution >= 4 is 11.6 Å². The monoisotopic (exact) mass is 363 g/mol. The van der Waals surface area contributed by atoms with Crippen molar-refractivity contribution in [3.63, 3.8) is 0 Å². The summed E-state index contributed by atoms with van der Waals surface area (Å²) in [6, 6.07) is 7.87. The van der Waals surface area contributed by atoms with Crippen LogP contribution in [0.1, 0.15) is 57.0 Å². The second-order valence-corrected chi connectivity index (χ2v) is 7.63. The van der Waals surface area contributed by atoms with Gasteiger partial charge in [0.2, 0.25) is 5.89 Å². The molecule has 0 N–H and O–H groups in total. The highest BCUT2D eigenvalue weighted by Gasteiger charge is 2.36. The van der Waals surface area contributed by atoms with Gasteiger partial charge in [0.05, 0.1) is 19.3 Å². The Bertz CT molecular complexity index is 701. The number of unbranched alkanes of at least 4 members (excludes halogenated alkanes) is 1. The maximum atomic E-state index is 6.35. The van der Waals surface area contributed by atoms with Crippen LogP contribution in [0, 0.1) is 0 Å². The van der Waals surface area contributed by atoms with Gasteiger partial charge in [-0.25, -0.2) is 0 Å². The Morgan fingerprint density at radius 3 is 2.88 bits per heavy atom. The highest BCUT2D eigenvalue weighted by molar-refractivity contribution is 6.31. The number of ether oxygens (including phenoxy) is 1. The van der Waals surface area contributed by atoms with Gasteiger partial charge < -0.3 is 9.26 Å². The average molecular weight is 364 g/mol. The number of benzene rings is 1. The second kappa shape index (κ2) is 7.85. The van der Waals surface area contributed by atoms with Crippen molar-refractivity contribution < 1.29 is 9.26 Å². The van der Waals surface area contributed by atoms with E-state index >= 15 is 0 Å². The van der Waals surface area contributed by atoms with Crippen LogP contribution < -0.4 is 0 Å². The lowest BCUT2D eigenvalue weighted by atomic mass is 9.98. The van der Waals surface area contributed by atoms with Crippen LogP contribution in [0.25, 0.3) is 0 Å². The Morgan fingerprint density at radius 1 is 1.32 bits per heavy atom. The number of rotatable bonds is 6. The molecule has 0 unspecified atom stereocenters. The molecule has 1 atom stereocenters. The van der Waals surface area contributed by atoms with Crippen LogP contribution >= 0.6 is 11.6 Å². The minimum Gasteiger partial charge on any atom is -0.370 e. The smallest absolute Gasteiger partial charge is 0.226 e. The van der Waals surface area contributed by atoms with Crippen molar-refractivity contribution in [3.05, 3.63) is 46.6 Å². The predicted octanol–water partition coefficient (Wildman–Crippen LogP) is 4.42. The number of halogens is 1. The Morgan fingerprint density at radius 2 is 2.12 bits per heavy atom. The van der Waals surface area contributed by atoms with E-state index in [4.69, 9.17) is 20.9 Å². The van der Waals surface area contributed by atoms with Crippen molar-refractivity contribution in [1.29, 1.82) is 0 Å². The molecule has 1 aliphatic rings. The van der Waals surface area contributed by atoms with Crippen molar-refractivity contribution in [2.75, 3.05) is 13.2 Å². The van der Waals surface area contributed by atoms with Crippen LogP contribution in [0.4, 0.5) is 0 Å². The Kier molecular flexibility index (Phi) is 5.77. The molecule has 0 radical (unpaired) electrons. The number of morpholine rings is 1. The van der Waals surface area contributed by atoms with Gasteiger partial charge in [-0.3, -0.25) is 4.90 Å². The van der Waals surface area contributed by atoms with Gasteiger partial charge in [-0.05, 0) is 26.3 Å². The number of aromatic nitrogens is 2. The number of hydrogen-bond acceptors (Lipinski definition) is 5. The Hall–Kier alpha value is -1.43. The molecule has 5 nitrogen and oxygen atoms in total. The maximum absolute atomic E-state index is 6.35. The molecule has 0 amide bonds. The normalized spacial score (nSPS) is 20.7. The summed E-state index contributed by atoms with van der Waals surface area (Å²) in [5.74, 6) is 1.46. The molecule has 1 aromatic heterocycles. The minimum absolute atomic E-state index is 0.0480. The van der Waals surface area contributed by atoms with Crippen LogP contribution in [0.2, 0.25) is 5.02 Å². The third-order valence-electron chi connectivity index (χ3n) is 4.72. The zero-order chi connectivity index (χ0) is 17.9. The van der Waals surface area contributed by atoms with E-state index in [2.05, 4.69) is 35.8 Å². The fraction of sp³-hybridized carbons (Fsp3) is 0.579.